The lowest BCUT2D eigenvalue weighted by atomic mass is 10.1. The van der Waals surface area contributed by atoms with Crippen LogP contribution in [-0.2, 0) is 4.79 Å². The van der Waals surface area contributed by atoms with Gasteiger partial charge in [0.2, 0.25) is 5.88 Å². The SMILES string of the molecule is COc1cc(N[C@H]2C(=O)Nc3c(C)cccc32)ncn1. The second-order valence-electron chi connectivity index (χ2n) is 4.55. The van der Waals surface area contributed by atoms with Gasteiger partial charge in [-0.25, -0.2) is 9.97 Å². The molecule has 2 N–H and O–H groups in total. The van der Waals surface area contributed by atoms with Crippen LogP contribution in [0.3, 0.4) is 0 Å². The third kappa shape index (κ3) is 2.05. The summed E-state index contributed by atoms with van der Waals surface area (Å²) in [4.78, 5) is 20.1. The summed E-state index contributed by atoms with van der Waals surface area (Å²) in [6.07, 6.45) is 1.39. The molecule has 1 aromatic heterocycles. The van der Waals surface area contributed by atoms with Crippen molar-refractivity contribution in [2.45, 2.75) is 13.0 Å². The molecule has 6 nitrogen and oxygen atoms in total. The van der Waals surface area contributed by atoms with Gasteiger partial charge >= 0.3 is 0 Å². The monoisotopic (exact) mass is 270 g/mol. The van der Waals surface area contributed by atoms with E-state index in [1.54, 1.807) is 6.07 Å². The van der Waals surface area contributed by atoms with E-state index in [1.165, 1.54) is 13.4 Å². The minimum absolute atomic E-state index is 0.0909. The molecule has 0 unspecified atom stereocenters. The number of ether oxygens (including phenoxy) is 1. The first-order valence-electron chi connectivity index (χ1n) is 6.22. The quantitative estimate of drug-likeness (QED) is 0.890. The molecule has 0 saturated carbocycles. The Morgan fingerprint density at radius 1 is 1.35 bits per heavy atom. The molecule has 1 aromatic carbocycles. The average molecular weight is 270 g/mol. The highest BCUT2D eigenvalue weighted by Crippen LogP contribution is 2.35. The summed E-state index contributed by atoms with van der Waals surface area (Å²) in [6, 6.07) is 7.03. The summed E-state index contributed by atoms with van der Waals surface area (Å²) in [5.74, 6) is 0.906. The number of nitrogens with one attached hydrogen (secondary N) is 2. The van der Waals surface area contributed by atoms with Gasteiger partial charge in [0.25, 0.3) is 5.91 Å². The molecule has 2 heterocycles. The van der Waals surface area contributed by atoms with E-state index < -0.39 is 6.04 Å². The molecular weight excluding hydrogens is 256 g/mol. The van der Waals surface area contributed by atoms with Crippen LogP contribution in [-0.4, -0.2) is 23.0 Å². The molecule has 1 aliphatic heterocycles. The maximum absolute atomic E-state index is 12.1. The van der Waals surface area contributed by atoms with Crippen molar-refractivity contribution in [3.8, 4) is 5.88 Å². The standard InChI is InChI=1S/C14H14N4O2/c1-8-4-3-5-9-12(8)18-14(19)13(9)17-10-6-11(20-2)16-7-15-10/h3-7,13H,1-2H3,(H,18,19)(H,15,16,17)/t13-/m1/s1. The largest absolute Gasteiger partial charge is 0.481 e. The smallest absolute Gasteiger partial charge is 0.251 e. The number of hydrogen-bond acceptors (Lipinski definition) is 5. The zero-order valence-corrected chi connectivity index (χ0v) is 11.2. The molecule has 1 aliphatic rings. The molecule has 0 radical (unpaired) electrons. The molecule has 3 rings (SSSR count). The minimum atomic E-state index is -0.454. The van der Waals surface area contributed by atoms with Gasteiger partial charge in [0.05, 0.1) is 7.11 Å². The van der Waals surface area contributed by atoms with Gasteiger partial charge in [-0.15, -0.1) is 0 Å². The van der Waals surface area contributed by atoms with Crippen LogP contribution in [0, 0.1) is 6.92 Å². The van der Waals surface area contributed by atoms with Crippen molar-refractivity contribution in [3.05, 3.63) is 41.7 Å². The van der Waals surface area contributed by atoms with Crippen molar-refractivity contribution in [2.75, 3.05) is 17.7 Å². The maximum atomic E-state index is 12.1. The third-order valence-corrected chi connectivity index (χ3v) is 3.27. The van der Waals surface area contributed by atoms with E-state index in [2.05, 4.69) is 20.6 Å². The highest BCUT2D eigenvalue weighted by Gasteiger charge is 2.31. The lowest BCUT2D eigenvalue weighted by Gasteiger charge is -2.12. The van der Waals surface area contributed by atoms with E-state index in [0.29, 0.717) is 11.7 Å². The Kier molecular flexibility index (Phi) is 2.98. The highest BCUT2D eigenvalue weighted by molar-refractivity contribution is 6.04. The van der Waals surface area contributed by atoms with Gasteiger partial charge in [0.1, 0.15) is 18.2 Å². The number of para-hydroxylation sites is 1. The first-order valence-corrected chi connectivity index (χ1v) is 6.22. The van der Waals surface area contributed by atoms with Crippen LogP contribution in [0.15, 0.2) is 30.6 Å². The lowest BCUT2D eigenvalue weighted by molar-refractivity contribution is -0.116. The molecular formula is C14H14N4O2. The molecule has 102 valence electrons. The topological polar surface area (TPSA) is 76.1 Å². The molecule has 0 spiro atoms. The molecule has 1 atom stereocenters. The van der Waals surface area contributed by atoms with Crippen molar-refractivity contribution >= 4 is 17.4 Å². The normalized spacial score (nSPS) is 16.5. The fraction of sp³-hybridized carbons (Fsp3) is 0.214. The van der Waals surface area contributed by atoms with Crippen LogP contribution in [0.1, 0.15) is 17.2 Å². The van der Waals surface area contributed by atoms with Gasteiger partial charge in [0, 0.05) is 17.3 Å². The van der Waals surface area contributed by atoms with Crippen molar-refractivity contribution in [2.24, 2.45) is 0 Å². The number of nitrogens with zero attached hydrogens (tertiary/aromatic N) is 2. The Bertz CT molecular complexity index is 672. The third-order valence-electron chi connectivity index (χ3n) is 3.27. The van der Waals surface area contributed by atoms with Crippen molar-refractivity contribution in [1.82, 2.24) is 9.97 Å². The minimum Gasteiger partial charge on any atom is -0.481 e. The van der Waals surface area contributed by atoms with Crippen LogP contribution in [0.5, 0.6) is 5.88 Å². The second-order valence-corrected chi connectivity index (χ2v) is 4.55. The zero-order chi connectivity index (χ0) is 14.1. The molecule has 6 heteroatoms. The van der Waals surface area contributed by atoms with Crippen LogP contribution < -0.4 is 15.4 Å². The number of amides is 1. The number of rotatable bonds is 3. The van der Waals surface area contributed by atoms with Gasteiger partial charge in [-0.05, 0) is 12.5 Å². The molecule has 0 aliphatic carbocycles. The number of aromatic nitrogens is 2. The zero-order valence-electron chi connectivity index (χ0n) is 11.2. The van der Waals surface area contributed by atoms with E-state index >= 15 is 0 Å². The summed E-state index contributed by atoms with van der Waals surface area (Å²) in [5.41, 5.74) is 2.84. The summed E-state index contributed by atoms with van der Waals surface area (Å²) in [7, 11) is 1.53. The summed E-state index contributed by atoms with van der Waals surface area (Å²) < 4.78 is 5.04. The highest BCUT2D eigenvalue weighted by atomic mass is 16.5. The Hall–Kier alpha value is -2.63. The fourth-order valence-corrected chi connectivity index (χ4v) is 2.26. The average Bonchev–Trinajstić information content (AvgIpc) is 2.78. The number of fused-ring (bicyclic) bond motifs is 1. The molecule has 0 fully saturated rings. The van der Waals surface area contributed by atoms with E-state index in [1.807, 2.05) is 25.1 Å². The van der Waals surface area contributed by atoms with Crippen molar-refractivity contribution < 1.29 is 9.53 Å². The number of carbonyl (C=O) groups is 1. The van der Waals surface area contributed by atoms with Gasteiger partial charge in [-0.2, -0.15) is 0 Å². The van der Waals surface area contributed by atoms with Gasteiger partial charge < -0.3 is 15.4 Å². The first kappa shape index (κ1) is 12.4. The molecule has 1 amide bonds. The first-order chi connectivity index (χ1) is 9.69. The van der Waals surface area contributed by atoms with Crippen LogP contribution in [0.4, 0.5) is 11.5 Å². The fourth-order valence-electron chi connectivity index (χ4n) is 2.26. The number of anilines is 2. The van der Waals surface area contributed by atoms with Gasteiger partial charge in [-0.3, -0.25) is 4.79 Å². The maximum Gasteiger partial charge on any atom is 0.251 e. The van der Waals surface area contributed by atoms with Crippen LogP contribution in [0.2, 0.25) is 0 Å². The summed E-state index contributed by atoms with van der Waals surface area (Å²) in [6.45, 7) is 1.97. The Morgan fingerprint density at radius 3 is 3.00 bits per heavy atom. The number of carbonyl (C=O) groups excluding carboxylic acids is 1. The van der Waals surface area contributed by atoms with Crippen LogP contribution in [0.25, 0.3) is 0 Å². The molecule has 0 saturated heterocycles. The number of hydrogen-bond donors (Lipinski definition) is 2. The molecule has 2 aromatic rings. The predicted octanol–water partition coefficient (Wildman–Crippen LogP) is 1.90. The lowest BCUT2D eigenvalue weighted by Crippen LogP contribution is -2.20. The van der Waals surface area contributed by atoms with Gasteiger partial charge in [0.15, 0.2) is 0 Å². The van der Waals surface area contributed by atoms with Gasteiger partial charge in [-0.1, -0.05) is 18.2 Å². The van der Waals surface area contributed by atoms with Crippen molar-refractivity contribution in [1.29, 1.82) is 0 Å². The van der Waals surface area contributed by atoms with E-state index in [-0.39, 0.29) is 5.91 Å². The molecule has 0 bridgehead atoms. The van der Waals surface area contributed by atoms with Crippen LogP contribution >= 0.6 is 0 Å². The van der Waals surface area contributed by atoms with Crippen molar-refractivity contribution in [3.63, 3.8) is 0 Å². The Labute approximate surface area is 116 Å². The predicted molar refractivity (Wildman–Crippen MR) is 74.8 cm³/mol. The van der Waals surface area contributed by atoms with E-state index in [9.17, 15) is 4.79 Å². The Morgan fingerprint density at radius 2 is 2.20 bits per heavy atom. The number of methoxy groups -OCH3 is 1. The van der Waals surface area contributed by atoms with E-state index in [0.717, 1.165) is 16.8 Å². The second kappa shape index (κ2) is 4.80. The summed E-state index contributed by atoms with van der Waals surface area (Å²) >= 11 is 0. The number of aryl methyl sites for hydroxylation is 1. The number of benzene rings is 1. The van der Waals surface area contributed by atoms with E-state index in [4.69, 9.17) is 4.74 Å². The Balaban J connectivity index is 1.92. The molecule has 20 heavy (non-hydrogen) atoms. The summed E-state index contributed by atoms with van der Waals surface area (Å²) in [5, 5.41) is 5.99.